The first kappa shape index (κ1) is 15.1. The molecule has 3 heterocycles. The highest BCUT2D eigenvalue weighted by Crippen LogP contribution is 2.35. The number of aromatic nitrogens is 2. The van der Waals surface area contributed by atoms with Crippen molar-refractivity contribution < 1.29 is 9.47 Å². The van der Waals surface area contributed by atoms with E-state index in [4.69, 9.17) is 9.47 Å². The fraction of sp³-hybridized carbons (Fsp3) is 0.529. The Morgan fingerprint density at radius 1 is 1.26 bits per heavy atom. The van der Waals surface area contributed by atoms with Gasteiger partial charge in [0.05, 0.1) is 19.3 Å². The van der Waals surface area contributed by atoms with Gasteiger partial charge < -0.3 is 9.47 Å². The van der Waals surface area contributed by atoms with E-state index in [1.54, 1.807) is 18.5 Å². The summed E-state index contributed by atoms with van der Waals surface area (Å²) in [6.07, 6.45) is 6.01. The molecule has 3 unspecified atom stereocenters. The summed E-state index contributed by atoms with van der Waals surface area (Å²) in [6, 6.07) is 7.12. The maximum absolute atomic E-state index is 6.09. The van der Waals surface area contributed by atoms with Crippen molar-refractivity contribution in [2.75, 3.05) is 19.8 Å². The zero-order valence-corrected chi connectivity index (χ0v) is 13.8. The lowest BCUT2D eigenvalue weighted by atomic mass is 10.0. The fourth-order valence-corrected chi connectivity index (χ4v) is 4.39. The van der Waals surface area contributed by atoms with Crippen LogP contribution in [-0.4, -0.2) is 46.8 Å². The molecule has 2 aromatic heterocycles. The van der Waals surface area contributed by atoms with E-state index in [1.807, 2.05) is 11.3 Å². The van der Waals surface area contributed by atoms with Crippen molar-refractivity contribution in [2.24, 2.45) is 5.92 Å². The van der Waals surface area contributed by atoms with Crippen LogP contribution in [0.15, 0.2) is 36.0 Å². The van der Waals surface area contributed by atoms with E-state index in [2.05, 4.69) is 32.4 Å². The summed E-state index contributed by atoms with van der Waals surface area (Å²) in [5, 5.41) is 2.15. The maximum Gasteiger partial charge on any atom is 0.316 e. The summed E-state index contributed by atoms with van der Waals surface area (Å²) < 4.78 is 11.9. The highest BCUT2D eigenvalue weighted by molar-refractivity contribution is 7.09. The van der Waals surface area contributed by atoms with Gasteiger partial charge in [-0.15, -0.1) is 11.3 Å². The van der Waals surface area contributed by atoms with Gasteiger partial charge in [0.15, 0.2) is 0 Å². The topological polar surface area (TPSA) is 47.5 Å². The van der Waals surface area contributed by atoms with Crippen molar-refractivity contribution in [3.63, 3.8) is 0 Å². The zero-order valence-electron chi connectivity index (χ0n) is 13.0. The minimum Gasteiger partial charge on any atom is -0.463 e. The lowest BCUT2D eigenvalue weighted by Gasteiger charge is -2.39. The molecule has 0 spiro atoms. The highest BCUT2D eigenvalue weighted by Gasteiger charge is 2.42. The van der Waals surface area contributed by atoms with E-state index in [0.717, 1.165) is 26.1 Å². The van der Waals surface area contributed by atoms with Gasteiger partial charge >= 0.3 is 6.01 Å². The summed E-state index contributed by atoms with van der Waals surface area (Å²) >= 11 is 1.84. The summed E-state index contributed by atoms with van der Waals surface area (Å²) in [5.41, 5.74) is 0. The van der Waals surface area contributed by atoms with Crippen molar-refractivity contribution >= 4 is 11.3 Å². The van der Waals surface area contributed by atoms with E-state index >= 15 is 0 Å². The average molecular weight is 331 g/mol. The second kappa shape index (κ2) is 6.95. The van der Waals surface area contributed by atoms with Gasteiger partial charge in [0, 0.05) is 42.3 Å². The molecule has 0 amide bonds. The van der Waals surface area contributed by atoms with Gasteiger partial charge in [-0.3, -0.25) is 4.90 Å². The molecule has 23 heavy (non-hydrogen) atoms. The molecule has 5 nitrogen and oxygen atoms in total. The van der Waals surface area contributed by atoms with Crippen molar-refractivity contribution in [1.82, 2.24) is 14.9 Å². The Hall–Kier alpha value is -1.50. The monoisotopic (exact) mass is 331 g/mol. The second-order valence-electron chi connectivity index (χ2n) is 6.13. The first-order valence-corrected chi connectivity index (χ1v) is 9.06. The molecule has 3 atom stereocenters. The van der Waals surface area contributed by atoms with Gasteiger partial charge in [0.25, 0.3) is 0 Å². The quantitative estimate of drug-likeness (QED) is 0.843. The van der Waals surface area contributed by atoms with Crippen LogP contribution in [-0.2, 0) is 11.3 Å². The Labute approximate surface area is 140 Å². The van der Waals surface area contributed by atoms with Crippen LogP contribution in [0.3, 0.4) is 0 Å². The smallest absolute Gasteiger partial charge is 0.316 e. The Kier molecular flexibility index (Phi) is 4.55. The molecule has 4 rings (SSSR count). The number of ether oxygens (including phenoxy) is 2. The van der Waals surface area contributed by atoms with Crippen molar-refractivity contribution in [3.05, 3.63) is 40.8 Å². The number of nitrogens with zero attached hydrogens (tertiary/aromatic N) is 3. The summed E-state index contributed by atoms with van der Waals surface area (Å²) in [7, 11) is 0. The summed E-state index contributed by atoms with van der Waals surface area (Å²) in [5.74, 6) is 0.426. The zero-order chi connectivity index (χ0) is 15.5. The minimum absolute atomic E-state index is 0.271. The third kappa shape index (κ3) is 3.39. The van der Waals surface area contributed by atoms with E-state index in [9.17, 15) is 0 Å². The van der Waals surface area contributed by atoms with Gasteiger partial charge in [-0.2, -0.15) is 0 Å². The predicted octanol–water partition coefficient (Wildman–Crippen LogP) is 2.60. The SMILES string of the molecule is c1cnc(OCC2CCC3C2OCCN3Cc2cccs2)nc1. The van der Waals surface area contributed by atoms with E-state index in [-0.39, 0.29) is 6.10 Å². The van der Waals surface area contributed by atoms with Gasteiger partial charge in [0.1, 0.15) is 0 Å². The van der Waals surface area contributed by atoms with Gasteiger partial charge in [-0.1, -0.05) is 6.07 Å². The first-order valence-electron chi connectivity index (χ1n) is 8.18. The lowest BCUT2D eigenvalue weighted by Crippen LogP contribution is -2.50. The van der Waals surface area contributed by atoms with Crippen LogP contribution in [0.5, 0.6) is 6.01 Å². The van der Waals surface area contributed by atoms with E-state index in [0.29, 0.717) is 24.6 Å². The molecule has 0 radical (unpaired) electrons. The Balaban J connectivity index is 1.37. The lowest BCUT2D eigenvalue weighted by molar-refractivity contribution is -0.0817. The largest absolute Gasteiger partial charge is 0.463 e. The molecular formula is C17H21N3O2S. The third-order valence-corrected chi connectivity index (χ3v) is 5.60. The van der Waals surface area contributed by atoms with Crippen LogP contribution >= 0.6 is 11.3 Å². The van der Waals surface area contributed by atoms with Crippen LogP contribution < -0.4 is 4.74 Å². The first-order chi connectivity index (χ1) is 11.4. The van der Waals surface area contributed by atoms with Crippen molar-refractivity contribution in [1.29, 1.82) is 0 Å². The Bertz CT molecular complexity index is 608. The van der Waals surface area contributed by atoms with Crippen molar-refractivity contribution in [2.45, 2.75) is 31.5 Å². The fourth-order valence-electron chi connectivity index (χ4n) is 3.66. The predicted molar refractivity (Wildman–Crippen MR) is 88.5 cm³/mol. The molecule has 1 saturated carbocycles. The molecule has 2 aromatic rings. The van der Waals surface area contributed by atoms with Gasteiger partial charge in [-0.05, 0) is 30.4 Å². The van der Waals surface area contributed by atoms with E-state index < -0.39 is 0 Å². The van der Waals surface area contributed by atoms with Gasteiger partial charge in [-0.25, -0.2) is 9.97 Å². The maximum atomic E-state index is 6.09. The highest BCUT2D eigenvalue weighted by atomic mass is 32.1. The molecule has 2 aliphatic rings. The van der Waals surface area contributed by atoms with Crippen LogP contribution in [0.4, 0.5) is 0 Å². The molecule has 6 heteroatoms. The number of thiophene rings is 1. The van der Waals surface area contributed by atoms with Crippen molar-refractivity contribution in [3.8, 4) is 6.01 Å². The standard InChI is InChI=1S/C17H21N3O2S/c1-3-14(23-10-1)11-20-8-9-21-16-13(4-5-15(16)20)12-22-17-18-6-2-7-19-17/h1-3,6-7,10,13,15-16H,4-5,8-9,11-12H2. The third-order valence-electron chi connectivity index (χ3n) is 4.74. The Morgan fingerprint density at radius 2 is 2.17 bits per heavy atom. The van der Waals surface area contributed by atoms with Crippen LogP contribution in [0.25, 0.3) is 0 Å². The minimum atomic E-state index is 0.271. The average Bonchev–Trinajstić information content (AvgIpc) is 3.24. The number of hydrogen-bond donors (Lipinski definition) is 0. The number of morpholine rings is 1. The molecular weight excluding hydrogens is 310 g/mol. The van der Waals surface area contributed by atoms with Gasteiger partial charge in [0.2, 0.25) is 0 Å². The molecule has 1 saturated heterocycles. The molecule has 2 fully saturated rings. The molecule has 1 aliphatic carbocycles. The number of rotatable bonds is 5. The van der Waals surface area contributed by atoms with E-state index in [1.165, 1.54) is 11.3 Å². The summed E-state index contributed by atoms with van der Waals surface area (Å²) in [4.78, 5) is 12.3. The number of fused-ring (bicyclic) bond motifs is 1. The Morgan fingerprint density at radius 3 is 3.00 bits per heavy atom. The second-order valence-corrected chi connectivity index (χ2v) is 7.16. The number of hydrogen-bond acceptors (Lipinski definition) is 6. The van der Waals surface area contributed by atoms with Crippen LogP contribution in [0.1, 0.15) is 17.7 Å². The molecule has 122 valence electrons. The molecule has 0 N–H and O–H groups in total. The normalized spacial score (nSPS) is 27.7. The van der Waals surface area contributed by atoms with Crippen LogP contribution in [0.2, 0.25) is 0 Å². The molecule has 1 aliphatic heterocycles. The van der Waals surface area contributed by atoms with Crippen LogP contribution in [0, 0.1) is 5.92 Å². The molecule has 0 bridgehead atoms. The molecule has 0 aromatic carbocycles. The summed E-state index contributed by atoms with van der Waals surface area (Å²) in [6.45, 7) is 3.51.